The van der Waals surface area contributed by atoms with E-state index in [9.17, 15) is 4.39 Å². The van der Waals surface area contributed by atoms with E-state index in [1.807, 2.05) is 10.8 Å². The van der Waals surface area contributed by atoms with Gasteiger partial charge in [0, 0.05) is 30.0 Å². The summed E-state index contributed by atoms with van der Waals surface area (Å²) in [5.41, 5.74) is 0.726. The van der Waals surface area contributed by atoms with Gasteiger partial charge < -0.3 is 9.88 Å². The van der Waals surface area contributed by atoms with Crippen LogP contribution in [0.15, 0.2) is 35.3 Å². The van der Waals surface area contributed by atoms with Crippen LogP contribution in [0.1, 0.15) is 6.42 Å². The number of aryl methyl sites for hydroxylation is 1. The van der Waals surface area contributed by atoms with Gasteiger partial charge in [0.25, 0.3) is 0 Å². The first-order chi connectivity index (χ1) is 8.66. The molecule has 0 fully saturated rings. The highest BCUT2D eigenvalue weighted by molar-refractivity contribution is 9.10. The molecule has 0 radical (unpaired) electrons. The minimum absolute atomic E-state index is 0.351. The number of anilines is 1. The van der Waals surface area contributed by atoms with E-state index in [0.717, 1.165) is 25.2 Å². The number of imidazole rings is 1. The largest absolute Gasteiger partial charge is 0.383 e. The minimum Gasteiger partial charge on any atom is -0.383 e. The zero-order valence-electron chi connectivity index (χ0n) is 9.54. The Balaban J connectivity index is 1.87. The van der Waals surface area contributed by atoms with Gasteiger partial charge in [0.15, 0.2) is 0 Å². The third kappa shape index (κ3) is 3.46. The fourth-order valence-electron chi connectivity index (χ4n) is 1.61. The van der Waals surface area contributed by atoms with Gasteiger partial charge in [-0.2, -0.15) is 0 Å². The summed E-state index contributed by atoms with van der Waals surface area (Å²) < 4.78 is 15.7. The number of nitrogens with zero attached hydrogens (tertiary/aromatic N) is 2. The molecule has 3 nitrogen and oxygen atoms in total. The lowest BCUT2D eigenvalue weighted by Crippen LogP contribution is -2.06. The highest BCUT2D eigenvalue weighted by Gasteiger charge is 2.07. The molecule has 1 aromatic heterocycles. The van der Waals surface area contributed by atoms with Crippen LogP contribution in [0.25, 0.3) is 0 Å². The summed E-state index contributed by atoms with van der Waals surface area (Å²) in [6, 6.07) is 2.69. The maximum absolute atomic E-state index is 13.0. The fourth-order valence-corrected chi connectivity index (χ4v) is 2.56. The highest BCUT2D eigenvalue weighted by atomic mass is 79.9. The Kier molecular flexibility index (Phi) is 4.60. The molecule has 2 rings (SSSR count). The summed E-state index contributed by atoms with van der Waals surface area (Å²) in [5, 5.41) is 3.57. The monoisotopic (exact) mass is 331 g/mol. The van der Waals surface area contributed by atoms with E-state index in [-0.39, 0.29) is 5.82 Å². The molecule has 1 N–H and O–H groups in total. The third-order valence-corrected chi connectivity index (χ3v) is 3.38. The number of hydrogen-bond acceptors (Lipinski definition) is 2. The van der Waals surface area contributed by atoms with Crippen molar-refractivity contribution in [2.75, 3.05) is 11.9 Å². The first-order valence-corrected chi connectivity index (χ1v) is 6.68. The maximum atomic E-state index is 13.0. The predicted octanol–water partition coefficient (Wildman–Crippen LogP) is 3.94. The van der Waals surface area contributed by atoms with E-state index in [4.69, 9.17) is 11.6 Å². The summed E-state index contributed by atoms with van der Waals surface area (Å²) in [6.07, 6.45) is 6.37. The molecule has 18 heavy (non-hydrogen) atoms. The molecule has 0 spiro atoms. The van der Waals surface area contributed by atoms with Crippen molar-refractivity contribution >= 4 is 33.2 Å². The van der Waals surface area contributed by atoms with Gasteiger partial charge in [0.1, 0.15) is 5.82 Å². The number of rotatable bonds is 5. The van der Waals surface area contributed by atoms with Crippen LogP contribution in [-0.4, -0.2) is 16.1 Å². The SMILES string of the molecule is Fc1cc(Cl)c(NCCCn2ccnc2)c(Br)c1. The van der Waals surface area contributed by atoms with Crippen LogP contribution in [0.2, 0.25) is 5.02 Å². The van der Waals surface area contributed by atoms with Gasteiger partial charge in [0.2, 0.25) is 0 Å². The Morgan fingerprint density at radius 2 is 2.28 bits per heavy atom. The van der Waals surface area contributed by atoms with Gasteiger partial charge in [0.05, 0.1) is 17.0 Å². The second kappa shape index (κ2) is 6.20. The average Bonchev–Trinajstić information content (AvgIpc) is 2.79. The Morgan fingerprint density at radius 3 is 2.94 bits per heavy atom. The van der Waals surface area contributed by atoms with E-state index in [2.05, 4.69) is 26.2 Å². The molecule has 0 aliphatic rings. The third-order valence-electron chi connectivity index (χ3n) is 2.46. The Hall–Kier alpha value is -1.07. The van der Waals surface area contributed by atoms with Crippen LogP contribution < -0.4 is 5.32 Å². The molecular weight excluding hydrogens is 321 g/mol. The van der Waals surface area contributed by atoms with Crippen LogP contribution in [0.5, 0.6) is 0 Å². The van der Waals surface area contributed by atoms with Crippen molar-refractivity contribution in [3.8, 4) is 0 Å². The van der Waals surface area contributed by atoms with E-state index in [1.165, 1.54) is 12.1 Å². The van der Waals surface area contributed by atoms with Crippen molar-refractivity contribution < 1.29 is 4.39 Å². The molecule has 1 aromatic carbocycles. The predicted molar refractivity (Wildman–Crippen MR) is 74.4 cm³/mol. The van der Waals surface area contributed by atoms with Crippen molar-refractivity contribution in [1.82, 2.24) is 9.55 Å². The fraction of sp³-hybridized carbons (Fsp3) is 0.250. The van der Waals surface area contributed by atoms with Gasteiger partial charge in [-0.1, -0.05) is 11.6 Å². The lowest BCUT2D eigenvalue weighted by atomic mass is 10.3. The van der Waals surface area contributed by atoms with Crippen molar-refractivity contribution in [3.63, 3.8) is 0 Å². The van der Waals surface area contributed by atoms with Gasteiger partial charge >= 0.3 is 0 Å². The van der Waals surface area contributed by atoms with Crippen LogP contribution in [0.4, 0.5) is 10.1 Å². The molecule has 2 aromatic rings. The molecule has 0 bridgehead atoms. The number of benzene rings is 1. The molecule has 0 atom stereocenters. The molecule has 0 aliphatic carbocycles. The first-order valence-electron chi connectivity index (χ1n) is 5.51. The molecular formula is C12H12BrClFN3. The Bertz CT molecular complexity index is 493. The lowest BCUT2D eigenvalue weighted by molar-refractivity contribution is 0.627. The zero-order chi connectivity index (χ0) is 13.0. The van der Waals surface area contributed by atoms with E-state index < -0.39 is 0 Å². The molecule has 0 saturated heterocycles. The standard InChI is InChI=1S/C12H12BrClFN3/c13-10-6-9(15)7-11(14)12(10)17-2-1-4-18-5-3-16-8-18/h3,5-8,17H,1-2,4H2. The van der Waals surface area contributed by atoms with Crippen LogP contribution >= 0.6 is 27.5 Å². The van der Waals surface area contributed by atoms with Crippen molar-refractivity contribution in [3.05, 3.63) is 46.2 Å². The summed E-state index contributed by atoms with van der Waals surface area (Å²) in [4.78, 5) is 3.97. The lowest BCUT2D eigenvalue weighted by Gasteiger charge is -2.11. The van der Waals surface area contributed by atoms with Gasteiger partial charge in [-0.15, -0.1) is 0 Å². The van der Waals surface area contributed by atoms with E-state index >= 15 is 0 Å². The van der Waals surface area contributed by atoms with Gasteiger partial charge in [-0.05, 0) is 34.5 Å². The number of halogens is 3. The second-order valence-corrected chi connectivity index (χ2v) is 5.09. The zero-order valence-corrected chi connectivity index (χ0v) is 11.9. The Morgan fingerprint density at radius 1 is 1.44 bits per heavy atom. The maximum Gasteiger partial charge on any atom is 0.125 e. The summed E-state index contributed by atoms with van der Waals surface area (Å²) in [5.74, 6) is -0.351. The van der Waals surface area contributed by atoms with Crippen molar-refractivity contribution in [2.45, 2.75) is 13.0 Å². The van der Waals surface area contributed by atoms with Crippen LogP contribution in [-0.2, 0) is 6.54 Å². The number of hydrogen-bond donors (Lipinski definition) is 1. The normalized spacial score (nSPS) is 10.6. The molecule has 6 heteroatoms. The highest BCUT2D eigenvalue weighted by Crippen LogP contribution is 2.31. The van der Waals surface area contributed by atoms with Crippen molar-refractivity contribution in [2.24, 2.45) is 0 Å². The first kappa shape index (κ1) is 13.4. The van der Waals surface area contributed by atoms with Crippen LogP contribution in [0, 0.1) is 5.82 Å². The van der Waals surface area contributed by atoms with Gasteiger partial charge in [-0.3, -0.25) is 0 Å². The summed E-state index contributed by atoms with van der Waals surface area (Å²) in [6.45, 7) is 1.63. The van der Waals surface area contributed by atoms with E-state index in [0.29, 0.717) is 9.50 Å². The molecule has 0 saturated carbocycles. The smallest absolute Gasteiger partial charge is 0.125 e. The van der Waals surface area contributed by atoms with Gasteiger partial charge in [-0.25, -0.2) is 9.37 Å². The molecule has 96 valence electrons. The molecule has 0 amide bonds. The van der Waals surface area contributed by atoms with Crippen LogP contribution in [0.3, 0.4) is 0 Å². The summed E-state index contributed by atoms with van der Waals surface area (Å²) >= 11 is 9.25. The minimum atomic E-state index is -0.351. The Labute approximate surface area is 118 Å². The van der Waals surface area contributed by atoms with E-state index in [1.54, 1.807) is 12.5 Å². The molecule has 0 unspecified atom stereocenters. The quantitative estimate of drug-likeness (QED) is 0.841. The summed E-state index contributed by atoms with van der Waals surface area (Å²) in [7, 11) is 0. The van der Waals surface area contributed by atoms with Crippen molar-refractivity contribution in [1.29, 1.82) is 0 Å². The number of aromatic nitrogens is 2. The average molecular weight is 333 g/mol. The molecule has 0 aliphatic heterocycles. The number of nitrogens with one attached hydrogen (secondary N) is 1. The topological polar surface area (TPSA) is 29.9 Å². The second-order valence-electron chi connectivity index (χ2n) is 3.83. The molecule has 1 heterocycles.